The summed E-state index contributed by atoms with van der Waals surface area (Å²) in [6.07, 6.45) is -2.45. The van der Waals surface area contributed by atoms with Crippen LogP contribution < -0.4 is 0 Å². The van der Waals surface area contributed by atoms with Gasteiger partial charge in [0.15, 0.2) is 10.5 Å². The maximum Gasteiger partial charge on any atom is 0.168 e. The number of hydrogen-bond donors (Lipinski definition) is 4. The molecule has 31 heavy (non-hydrogen) atoms. The first-order valence-corrected chi connectivity index (χ1v) is 11.3. The van der Waals surface area contributed by atoms with Crippen LogP contribution in [0.15, 0.2) is 40.9 Å². The Morgan fingerprint density at radius 2 is 1.84 bits per heavy atom. The molecule has 0 bridgehead atoms. The maximum atomic E-state index is 10.9. The second kappa shape index (κ2) is 7.88. The van der Waals surface area contributed by atoms with E-state index in [0.29, 0.717) is 17.6 Å². The molecule has 1 aromatic heterocycles. The van der Waals surface area contributed by atoms with E-state index < -0.39 is 28.5 Å². The number of rotatable bonds is 4. The minimum Gasteiger partial charge on any atom is -0.395 e. The standard InChI is InChI=1S/C23H25NO6S/c1-2-12-3-5-13(6-4-12)7-17-15-9-16-14(8-18(15)30-24-17)11-29-23(16)22(28)21(27)20(26)19(10-25)31-23/h3-6,8-9,19-22,25-28H,2,7,10-11H2,1H3/t19-,20-,21+,22-,23+/m1/s1. The molecule has 2 aromatic carbocycles. The molecule has 7 nitrogen and oxygen atoms in total. The average molecular weight is 444 g/mol. The number of benzene rings is 2. The lowest BCUT2D eigenvalue weighted by atomic mass is 9.92. The first kappa shape index (κ1) is 20.9. The molecule has 1 saturated heterocycles. The Kier molecular flexibility index (Phi) is 5.32. The molecule has 2 aliphatic rings. The lowest BCUT2D eigenvalue weighted by molar-refractivity contribution is -0.147. The Labute approximate surface area is 183 Å². The fourth-order valence-electron chi connectivity index (χ4n) is 4.48. The van der Waals surface area contributed by atoms with E-state index in [9.17, 15) is 20.4 Å². The van der Waals surface area contributed by atoms with Crippen LogP contribution in [0.1, 0.15) is 34.9 Å². The molecule has 0 radical (unpaired) electrons. The summed E-state index contributed by atoms with van der Waals surface area (Å²) in [5, 5.41) is 45.6. The molecular weight excluding hydrogens is 418 g/mol. The zero-order chi connectivity index (χ0) is 21.8. The number of aliphatic hydroxyl groups is 4. The van der Waals surface area contributed by atoms with Gasteiger partial charge in [-0.15, -0.1) is 11.8 Å². The molecule has 3 aromatic rings. The van der Waals surface area contributed by atoms with Gasteiger partial charge in [0.25, 0.3) is 0 Å². The summed E-state index contributed by atoms with van der Waals surface area (Å²) in [6.45, 7) is 2.00. The van der Waals surface area contributed by atoms with Crippen molar-refractivity contribution in [3.05, 3.63) is 64.3 Å². The fourth-order valence-corrected chi connectivity index (χ4v) is 6.03. The normalized spacial score (nSPS) is 30.2. The molecule has 1 fully saturated rings. The van der Waals surface area contributed by atoms with Crippen LogP contribution in [0, 0.1) is 0 Å². The molecule has 164 valence electrons. The number of ether oxygens (including phenoxy) is 1. The van der Waals surface area contributed by atoms with Gasteiger partial charge in [-0.25, -0.2) is 0 Å². The first-order valence-electron chi connectivity index (χ1n) is 10.4. The number of fused-ring (bicyclic) bond motifs is 3. The van der Waals surface area contributed by atoms with Crippen LogP contribution >= 0.6 is 11.8 Å². The van der Waals surface area contributed by atoms with E-state index in [0.717, 1.165) is 40.4 Å². The zero-order valence-electron chi connectivity index (χ0n) is 17.1. The van der Waals surface area contributed by atoms with E-state index in [-0.39, 0.29) is 13.2 Å². The third-order valence-corrected chi connectivity index (χ3v) is 8.00. The molecule has 8 heteroatoms. The van der Waals surface area contributed by atoms with E-state index >= 15 is 0 Å². The Morgan fingerprint density at radius 1 is 1.10 bits per heavy atom. The van der Waals surface area contributed by atoms with E-state index in [4.69, 9.17) is 9.26 Å². The lowest BCUT2D eigenvalue weighted by Crippen LogP contribution is -2.58. The summed E-state index contributed by atoms with van der Waals surface area (Å²) in [5.41, 5.74) is 5.34. The van der Waals surface area contributed by atoms with Crippen LogP contribution in [0.4, 0.5) is 0 Å². The van der Waals surface area contributed by atoms with Gasteiger partial charge in [-0.2, -0.15) is 0 Å². The van der Waals surface area contributed by atoms with Gasteiger partial charge in [0, 0.05) is 17.4 Å². The van der Waals surface area contributed by atoms with E-state index in [2.05, 4.69) is 36.3 Å². The molecule has 1 spiro atoms. The number of aromatic nitrogens is 1. The quantitative estimate of drug-likeness (QED) is 0.483. The number of aryl methyl sites for hydroxylation is 1. The van der Waals surface area contributed by atoms with Crippen molar-refractivity contribution in [1.29, 1.82) is 0 Å². The Bertz CT molecular complexity index is 1100. The molecule has 0 amide bonds. The Hall–Kier alpha value is -1.94. The second-order valence-corrected chi connectivity index (χ2v) is 9.65. The summed E-state index contributed by atoms with van der Waals surface area (Å²) in [6, 6.07) is 12.1. The van der Waals surface area contributed by atoms with Crippen LogP contribution in [-0.4, -0.2) is 55.8 Å². The SMILES string of the molecule is CCc1ccc(Cc2noc3cc4c(cc23)[C@]2(OC4)S[C@H](CO)[C@@H](O)[C@H](O)[C@H]2O)cc1. The molecule has 2 aliphatic heterocycles. The molecule has 4 N–H and O–H groups in total. The first-order chi connectivity index (χ1) is 15.0. The highest BCUT2D eigenvalue weighted by Crippen LogP contribution is 2.54. The van der Waals surface area contributed by atoms with Gasteiger partial charge in [0.05, 0.1) is 30.3 Å². The van der Waals surface area contributed by atoms with Crippen molar-refractivity contribution in [2.24, 2.45) is 0 Å². The predicted octanol–water partition coefficient (Wildman–Crippen LogP) is 1.85. The van der Waals surface area contributed by atoms with Gasteiger partial charge in [-0.05, 0) is 35.2 Å². The van der Waals surface area contributed by atoms with Crippen molar-refractivity contribution in [2.45, 2.75) is 54.9 Å². The third-order valence-electron chi connectivity index (χ3n) is 6.34. The Morgan fingerprint density at radius 3 is 2.55 bits per heavy atom. The highest BCUT2D eigenvalue weighted by atomic mass is 32.2. The molecule has 0 unspecified atom stereocenters. The van der Waals surface area contributed by atoms with Gasteiger partial charge in [0.1, 0.15) is 12.2 Å². The smallest absolute Gasteiger partial charge is 0.168 e. The van der Waals surface area contributed by atoms with Crippen LogP contribution in [0.2, 0.25) is 0 Å². The molecule has 3 heterocycles. The zero-order valence-corrected chi connectivity index (χ0v) is 17.9. The maximum absolute atomic E-state index is 10.9. The van der Waals surface area contributed by atoms with E-state index in [1.54, 1.807) is 0 Å². The summed E-state index contributed by atoms with van der Waals surface area (Å²) in [4.78, 5) is -1.27. The molecular formula is C23H25NO6S. The summed E-state index contributed by atoms with van der Waals surface area (Å²) >= 11 is 1.15. The molecule has 5 atom stereocenters. The van der Waals surface area contributed by atoms with Gasteiger partial charge in [0.2, 0.25) is 0 Å². The fraction of sp³-hybridized carbons (Fsp3) is 0.435. The second-order valence-electron chi connectivity index (χ2n) is 8.20. The van der Waals surface area contributed by atoms with Crippen LogP contribution in [0.5, 0.6) is 0 Å². The van der Waals surface area contributed by atoms with E-state index in [1.807, 2.05) is 12.1 Å². The van der Waals surface area contributed by atoms with Gasteiger partial charge in [-0.1, -0.05) is 36.3 Å². The Balaban J connectivity index is 1.55. The monoisotopic (exact) mass is 443 g/mol. The summed E-state index contributed by atoms with van der Waals surface area (Å²) < 4.78 is 11.6. The predicted molar refractivity (Wildman–Crippen MR) is 116 cm³/mol. The van der Waals surface area contributed by atoms with Crippen molar-refractivity contribution in [2.75, 3.05) is 6.61 Å². The highest BCUT2D eigenvalue weighted by Gasteiger charge is 2.57. The summed E-state index contributed by atoms with van der Waals surface area (Å²) in [5.74, 6) is 0. The van der Waals surface area contributed by atoms with Gasteiger partial charge in [-0.3, -0.25) is 0 Å². The average Bonchev–Trinajstić information content (AvgIpc) is 3.35. The van der Waals surface area contributed by atoms with Crippen molar-refractivity contribution in [1.82, 2.24) is 5.16 Å². The largest absolute Gasteiger partial charge is 0.395 e. The van der Waals surface area contributed by atoms with Gasteiger partial charge < -0.3 is 29.7 Å². The number of thioether (sulfide) groups is 1. The molecule has 0 aliphatic carbocycles. The lowest BCUT2D eigenvalue weighted by Gasteiger charge is -2.45. The van der Waals surface area contributed by atoms with Crippen molar-refractivity contribution in [3.8, 4) is 0 Å². The van der Waals surface area contributed by atoms with Crippen molar-refractivity contribution in [3.63, 3.8) is 0 Å². The molecule has 5 rings (SSSR count). The highest BCUT2D eigenvalue weighted by molar-refractivity contribution is 8.00. The summed E-state index contributed by atoms with van der Waals surface area (Å²) in [7, 11) is 0. The minimum atomic E-state index is -1.43. The van der Waals surface area contributed by atoms with Crippen LogP contribution in [0.25, 0.3) is 11.0 Å². The van der Waals surface area contributed by atoms with Crippen LogP contribution in [0.3, 0.4) is 0 Å². The minimum absolute atomic E-state index is 0.227. The molecule has 0 saturated carbocycles. The number of hydrogen-bond acceptors (Lipinski definition) is 8. The van der Waals surface area contributed by atoms with Crippen molar-refractivity contribution < 1.29 is 29.7 Å². The van der Waals surface area contributed by atoms with Gasteiger partial charge >= 0.3 is 0 Å². The topological polar surface area (TPSA) is 116 Å². The van der Waals surface area contributed by atoms with Crippen molar-refractivity contribution >= 4 is 22.7 Å². The third kappa shape index (κ3) is 3.29. The van der Waals surface area contributed by atoms with Crippen LogP contribution in [-0.2, 0) is 29.1 Å². The number of aliphatic hydroxyl groups excluding tert-OH is 4. The number of nitrogens with zero attached hydrogens (tertiary/aromatic N) is 1. The van der Waals surface area contributed by atoms with E-state index in [1.165, 1.54) is 5.56 Å².